The zero-order chi connectivity index (χ0) is 17.3. The van der Waals surface area contributed by atoms with Crippen LogP contribution in [0.1, 0.15) is 39.1 Å². The quantitative estimate of drug-likeness (QED) is 0.692. The third kappa shape index (κ3) is 3.03. The van der Waals surface area contributed by atoms with Gasteiger partial charge in [-0.2, -0.15) is 0 Å². The van der Waals surface area contributed by atoms with E-state index in [1.807, 2.05) is 0 Å². The van der Waals surface area contributed by atoms with Crippen LogP contribution < -0.4 is 5.32 Å². The van der Waals surface area contributed by atoms with Crippen molar-refractivity contribution in [2.75, 3.05) is 11.9 Å². The molecule has 5 nitrogen and oxygen atoms in total. The van der Waals surface area contributed by atoms with E-state index in [0.717, 1.165) is 11.6 Å². The molecular weight excluding hydrogens is 313 g/mol. The summed E-state index contributed by atoms with van der Waals surface area (Å²) in [5.74, 6) is -2.17. The molecule has 1 N–H and O–H groups in total. The van der Waals surface area contributed by atoms with Gasteiger partial charge >= 0.3 is 5.97 Å². The van der Waals surface area contributed by atoms with Gasteiger partial charge in [-0.15, -0.1) is 0 Å². The lowest BCUT2D eigenvalue weighted by Crippen LogP contribution is -2.14. The average Bonchev–Trinajstić information content (AvgIpc) is 2.86. The van der Waals surface area contributed by atoms with Crippen molar-refractivity contribution in [2.45, 2.75) is 12.8 Å². The Morgan fingerprint density at radius 2 is 1.96 bits per heavy atom. The van der Waals surface area contributed by atoms with Crippen molar-refractivity contribution < 1.29 is 23.5 Å². The lowest BCUT2D eigenvalue weighted by Gasteiger charge is -2.07. The number of carbonyl (C=O) groups is 3. The van der Waals surface area contributed by atoms with Crippen LogP contribution in [-0.2, 0) is 9.53 Å². The largest absolute Gasteiger partial charge is 0.454 e. The average molecular weight is 327 g/mol. The summed E-state index contributed by atoms with van der Waals surface area (Å²) in [5, 5.41) is 2.72. The molecule has 0 aromatic heterocycles. The predicted molar refractivity (Wildman–Crippen MR) is 84.5 cm³/mol. The Balaban J connectivity index is 1.68. The van der Waals surface area contributed by atoms with Crippen molar-refractivity contribution in [3.63, 3.8) is 0 Å². The maximum absolute atomic E-state index is 13.1. The summed E-state index contributed by atoms with van der Waals surface area (Å²) < 4.78 is 18.0. The molecule has 122 valence electrons. The van der Waals surface area contributed by atoms with E-state index in [2.05, 4.69) is 5.32 Å². The first kappa shape index (κ1) is 15.9. The Morgan fingerprint density at radius 1 is 1.17 bits per heavy atom. The van der Waals surface area contributed by atoms with Crippen LogP contribution in [0.3, 0.4) is 0 Å². The summed E-state index contributed by atoms with van der Waals surface area (Å²) in [7, 11) is 0. The van der Waals surface area contributed by atoms with Crippen LogP contribution in [0.25, 0.3) is 0 Å². The molecule has 1 amide bonds. The van der Waals surface area contributed by atoms with E-state index in [0.29, 0.717) is 11.3 Å². The van der Waals surface area contributed by atoms with Crippen molar-refractivity contribution >= 4 is 23.3 Å². The molecule has 0 spiro atoms. The third-order valence-electron chi connectivity index (χ3n) is 3.89. The molecule has 1 aliphatic heterocycles. The monoisotopic (exact) mass is 327 g/mol. The second-order valence-electron chi connectivity index (χ2n) is 5.52. The van der Waals surface area contributed by atoms with E-state index in [-0.39, 0.29) is 17.4 Å². The summed E-state index contributed by atoms with van der Waals surface area (Å²) in [6, 6.07) is 9.89. The standard InChI is InChI=1S/C18H14FNO4/c1-10-14-8-11(5-6-15(14)20-17(10)22)16(21)9-24-18(23)12-3-2-4-13(19)7-12/h2-8,10H,9H2,1H3,(H,20,22)/t10-/m1/s1. The van der Waals surface area contributed by atoms with Crippen LogP contribution >= 0.6 is 0 Å². The van der Waals surface area contributed by atoms with E-state index >= 15 is 0 Å². The maximum atomic E-state index is 13.1. The molecule has 0 saturated carbocycles. The fraction of sp³-hybridized carbons (Fsp3) is 0.167. The van der Waals surface area contributed by atoms with Gasteiger partial charge in [-0.3, -0.25) is 9.59 Å². The van der Waals surface area contributed by atoms with Gasteiger partial charge in [0.2, 0.25) is 5.91 Å². The van der Waals surface area contributed by atoms with Gasteiger partial charge in [0, 0.05) is 11.3 Å². The van der Waals surface area contributed by atoms with Crippen LogP contribution in [0.15, 0.2) is 42.5 Å². The molecule has 1 heterocycles. The van der Waals surface area contributed by atoms with Gasteiger partial charge < -0.3 is 10.1 Å². The Hall–Kier alpha value is -3.02. The number of esters is 1. The molecule has 6 heteroatoms. The number of nitrogens with one attached hydrogen (secondary N) is 1. The van der Waals surface area contributed by atoms with Crippen LogP contribution in [-0.4, -0.2) is 24.3 Å². The Labute approximate surface area is 137 Å². The second kappa shape index (κ2) is 6.23. The minimum Gasteiger partial charge on any atom is -0.454 e. The molecule has 1 aliphatic rings. The molecular formula is C18H14FNO4. The Bertz CT molecular complexity index is 847. The molecule has 0 unspecified atom stereocenters. The molecule has 0 fully saturated rings. The van der Waals surface area contributed by atoms with Crippen molar-refractivity contribution in [1.82, 2.24) is 0 Å². The van der Waals surface area contributed by atoms with E-state index < -0.39 is 24.2 Å². The summed E-state index contributed by atoms with van der Waals surface area (Å²) in [4.78, 5) is 35.6. The smallest absolute Gasteiger partial charge is 0.338 e. The summed E-state index contributed by atoms with van der Waals surface area (Å²) in [6.45, 7) is 1.29. The van der Waals surface area contributed by atoms with Gasteiger partial charge in [0.1, 0.15) is 5.82 Å². The van der Waals surface area contributed by atoms with E-state index in [1.165, 1.54) is 18.2 Å². The van der Waals surface area contributed by atoms with Gasteiger partial charge in [-0.05, 0) is 48.9 Å². The number of ether oxygens (including phenoxy) is 1. The SMILES string of the molecule is C[C@H]1C(=O)Nc2ccc(C(=O)COC(=O)c3cccc(F)c3)cc21. The topological polar surface area (TPSA) is 72.5 Å². The number of rotatable bonds is 4. The number of benzene rings is 2. The van der Waals surface area contributed by atoms with Crippen molar-refractivity contribution in [1.29, 1.82) is 0 Å². The van der Waals surface area contributed by atoms with Gasteiger partial charge in [0.05, 0.1) is 11.5 Å². The predicted octanol–water partition coefficient (Wildman–Crippen LogP) is 2.92. The number of hydrogen-bond acceptors (Lipinski definition) is 4. The molecule has 0 radical (unpaired) electrons. The molecule has 0 bridgehead atoms. The molecule has 2 aromatic carbocycles. The van der Waals surface area contributed by atoms with E-state index in [1.54, 1.807) is 25.1 Å². The zero-order valence-electron chi connectivity index (χ0n) is 12.8. The number of hydrogen-bond donors (Lipinski definition) is 1. The summed E-state index contributed by atoms with van der Waals surface area (Å²) >= 11 is 0. The van der Waals surface area contributed by atoms with Crippen LogP contribution in [0.4, 0.5) is 10.1 Å². The minimum absolute atomic E-state index is 0.0418. The second-order valence-corrected chi connectivity index (χ2v) is 5.52. The highest BCUT2D eigenvalue weighted by atomic mass is 19.1. The molecule has 1 atom stereocenters. The van der Waals surface area contributed by atoms with Gasteiger partial charge in [0.15, 0.2) is 12.4 Å². The highest BCUT2D eigenvalue weighted by Gasteiger charge is 2.27. The minimum atomic E-state index is -0.769. The van der Waals surface area contributed by atoms with Crippen LogP contribution in [0, 0.1) is 5.82 Å². The summed E-state index contributed by atoms with van der Waals surface area (Å²) in [5.41, 5.74) is 1.81. The Morgan fingerprint density at radius 3 is 2.71 bits per heavy atom. The molecule has 2 aromatic rings. The normalized spacial score (nSPS) is 15.6. The van der Waals surface area contributed by atoms with Crippen LogP contribution in [0.5, 0.6) is 0 Å². The molecule has 24 heavy (non-hydrogen) atoms. The summed E-state index contributed by atoms with van der Waals surface area (Å²) in [6.07, 6.45) is 0. The van der Waals surface area contributed by atoms with E-state index in [4.69, 9.17) is 4.74 Å². The number of halogens is 1. The lowest BCUT2D eigenvalue weighted by atomic mass is 9.99. The number of fused-ring (bicyclic) bond motifs is 1. The highest BCUT2D eigenvalue weighted by molar-refractivity contribution is 6.05. The molecule has 0 saturated heterocycles. The zero-order valence-corrected chi connectivity index (χ0v) is 12.8. The molecule has 0 aliphatic carbocycles. The van der Waals surface area contributed by atoms with Gasteiger partial charge in [-0.1, -0.05) is 6.07 Å². The number of carbonyl (C=O) groups excluding carboxylic acids is 3. The van der Waals surface area contributed by atoms with Crippen molar-refractivity contribution in [3.8, 4) is 0 Å². The maximum Gasteiger partial charge on any atom is 0.338 e. The van der Waals surface area contributed by atoms with Gasteiger partial charge in [0.25, 0.3) is 0 Å². The number of ketones is 1. The third-order valence-corrected chi connectivity index (χ3v) is 3.89. The number of Topliss-reactive ketones (excluding diaryl/α,β-unsaturated/α-hetero) is 1. The first-order valence-corrected chi connectivity index (χ1v) is 7.36. The van der Waals surface area contributed by atoms with E-state index in [9.17, 15) is 18.8 Å². The fourth-order valence-corrected chi connectivity index (χ4v) is 2.50. The first-order chi connectivity index (χ1) is 11.5. The van der Waals surface area contributed by atoms with Gasteiger partial charge in [-0.25, -0.2) is 9.18 Å². The fourth-order valence-electron chi connectivity index (χ4n) is 2.50. The molecule has 3 rings (SSSR count). The van der Waals surface area contributed by atoms with Crippen molar-refractivity contribution in [2.24, 2.45) is 0 Å². The highest BCUT2D eigenvalue weighted by Crippen LogP contribution is 2.32. The number of amides is 1. The Kier molecular flexibility index (Phi) is 4.12. The first-order valence-electron chi connectivity index (χ1n) is 7.36. The van der Waals surface area contributed by atoms with Crippen LogP contribution in [0.2, 0.25) is 0 Å². The lowest BCUT2D eigenvalue weighted by molar-refractivity contribution is -0.116. The van der Waals surface area contributed by atoms with Crippen molar-refractivity contribution in [3.05, 3.63) is 65.0 Å². The number of anilines is 1.